The summed E-state index contributed by atoms with van der Waals surface area (Å²) in [6.07, 6.45) is -4.38. The maximum absolute atomic E-state index is 13.5. The van der Waals surface area contributed by atoms with Gasteiger partial charge >= 0.3 is 19.5 Å². The minimum absolute atomic E-state index is 0.137. The van der Waals surface area contributed by atoms with E-state index in [1.54, 1.807) is 32.0 Å². The Morgan fingerprint density at radius 3 is 2.53 bits per heavy atom. The lowest BCUT2D eigenvalue weighted by atomic mass is 10.0. The summed E-state index contributed by atoms with van der Waals surface area (Å²) in [6, 6.07) is 9.08. The van der Waals surface area contributed by atoms with Gasteiger partial charge in [0, 0.05) is 12.3 Å². The molecule has 1 fully saturated rings. The quantitative estimate of drug-likeness (QED) is 0.258. The van der Waals surface area contributed by atoms with Crippen molar-refractivity contribution in [2.24, 2.45) is 0 Å². The largest absolute Gasteiger partial charge is 0.530 e. The highest BCUT2D eigenvalue weighted by Gasteiger charge is 2.54. The zero-order valence-corrected chi connectivity index (χ0v) is 21.7. The lowest BCUT2D eigenvalue weighted by Gasteiger charge is -2.26. The number of aromatic amines is 1. The van der Waals surface area contributed by atoms with E-state index >= 15 is 0 Å². The molecule has 2 aromatic rings. The predicted octanol–water partition coefficient (Wildman–Crippen LogP) is 2.35. The number of halogens is 1. The molecule has 0 amide bonds. The fourth-order valence-electron chi connectivity index (χ4n) is 3.38. The van der Waals surface area contributed by atoms with E-state index in [4.69, 9.17) is 34.6 Å². The molecule has 1 unspecified atom stereocenters. The van der Waals surface area contributed by atoms with Gasteiger partial charge in [0.1, 0.15) is 22.8 Å². The summed E-state index contributed by atoms with van der Waals surface area (Å²) in [5.74, 6) is -0.647. The van der Waals surface area contributed by atoms with Gasteiger partial charge < -0.3 is 19.1 Å². The Bertz CT molecular complexity index is 1220. The first-order valence-corrected chi connectivity index (χ1v) is 12.9. The monoisotopic (exact) mass is 546 g/mol. The van der Waals surface area contributed by atoms with Crippen molar-refractivity contribution in [2.75, 3.05) is 6.61 Å². The molecular formula is C22H28ClN2O10P. The number of hydrogen-bond donors (Lipinski definition) is 2. The molecule has 0 radical (unpaired) electrons. The highest BCUT2D eigenvalue weighted by molar-refractivity contribution is 7.49. The molecular weight excluding hydrogens is 519 g/mol. The molecule has 12 nitrogen and oxygen atoms in total. The van der Waals surface area contributed by atoms with Crippen LogP contribution in [0.3, 0.4) is 0 Å². The maximum Gasteiger partial charge on any atom is 0.530 e. The van der Waals surface area contributed by atoms with Crippen molar-refractivity contribution in [3.05, 3.63) is 63.4 Å². The van der Waals surface area contributed by atoms with Crippen LogP contribution in [0.25, 0.3) is 0 Å². The van der Waals surface area contributed by atoms with E-state index in [2.05, 4.69) is 4.98 Å². The second kappa shape index (κ2) is 11.3. The summed E-state index contributed by atoms with van der Waals surface area (Å²) >= 11 is 6.50. The molecule has 0 spiro atoms. The molecule has 6 atom stereocenters. The van der Waals surface area contributed by atoms with E-state index in [0.29, 0.717) is 0 Å². The summed E-state index contributed by atoms with van der Waals surface area (Å²) in [4.78, 5) is 36.4. The molecule has 36 heavy (non-hydrogen) atoms. The molecule has 1 aromatic heterocycles. The summed E-state index contributed by atoms with van der Waals surface area (Å²) < 4.78 is 41.6. The van der Waals surface area contributed by atoms with Crippen LogP contribution in [0, 0.1) is 0 Å². The SMILES string of the molecule is CC(C)OC(=O)[C@H](C)OP(=O)(OC[C@H]1O[C@@H](n2ccc(=O)[nH]c2=O)[C@](C)(Cl)[C@@H]1O)Oc1ccccc1. The molecule has 198 valence electrons. The highest BCUT2D eigenvalue weighted by atomic mass is 35.5. The van der Waals surface area contributed by atoms with Crippen molar-refractivity contribution in [1.82, 2.24) is 9.55 Å². The molecule has 2 N–H and O–H groups in total. The number of rotatable bonds is 10. The number of esters is 1. The number of alkyl halides is 1. The molecule has 1 aliphatic heterocycles. The van der Waals surface area contributed by atoms with Gasteiger partial charge in [-0.2, -0.15) is 0 Å². The number of aliphatic hydroxyl groups excluding tert-OH is 1. The van der Waals surface area contributed by atoms with Crippen LogP contribution >= 0.6 is 19.4 Å². The van der Waals surface area contributed by atoms with Crippen LogP contribution in [0.5, 0.6) is 5.75 Å². The van der Waals surface area contributed by atoms with Gasteiger partial charge in [-0.1, -0.05) is 18.2 Å². The second-order valence-corrected chi connectivity index (χ2v) is 10.9. The lowest BCUT2D eigenvalue weighted by Crippen LogP contribution is -2.43. The van der Waals surface area contributed by atoms with Crippen LogP contribution in [-0.2, 0) is 27.9 Å². The number of nitrogens with zero attached hydrogens (tertiary/aromatic N) is 1. The first-order valence-electron chi connectivity index (χ1n) is 11.0. The Morgan fingerprint density at radius 1 is 1.25 bits per heavy atom. The zero-order valence-electron chi connectivity index (χ0n) is 20.0. The topological polar surface area (TPSA) is 155 Å². The van der Waals surface area contributed by atoms with E-state index < -0.39 is 67.2 Å². The molecule has 1 saturated heterocycles. The van der Waals surface area contributed by atoms with Crippen molar-refractivity contribution in [1.29, 1.82) is 0 Å². The predicted molar refractivity (Wildman–Crippen MR) is 128 cm³/mol. The van der Waals surface area contributed by atoms with Crippen LogP contribution in [0.4, 0.5) is 0 Å². The van der Waals surface area contributed by atoms with Crippen molar-refractivity contribution in [3.63, 3.8) is 0 Å². The van der Waals surface area contributed by atoms with Crippen LogP contribution in [0.1, 0.15) is 33.9 Å². The third-order valence-electron chi connectivity index (χ3n) is 5.15. The van der Waals surface area contributed by atoms with Crippen LogP contribution < -0.4 is 15.8 Å². The van der Waals surface area contributed by atoms with E-state index in [-0.39, 0.29) is 5.75 Å². The maximum atomic E-state index is 13.5. The van der Waals surface area contributed by atoms with Crippen molar-refractivity contribution < 1.29 is 37.5 Å². The number of phosphoric ester groups is 1. The van der Waals surface area contributed by atoms with Crippen molar-refractivity contribution >= 4 is 25.4 Å². The number of H-pyrrole nitrogens is 1. The number of phosphoric acid groups is 1. The van der Waals surface area contributed by atoms with Crippen LogP contribution in [0.15, 0.2) is 52.2 Å². The fraction of sp³-hybridized carbons (Fsp3) is 0.500. The van der Waals surface area contributed by atoms with E-state index in [0.717, 1.165) is 10.6 Å². The summed E-state index contributed by atoms with van der Waals surface area (Å²) in [7, 11) is -4.47. The number of ether oxygens (including phenoxy) is 2. The summed E-state index contributed by atoms with van der Waals surface area (Å²) in [6.45, 7) is 5.50. The zero-order chi connectivity index (χ0) is 26.7. The van der Waals surface area contributed by atoms with E-state index in [1.807, 2.05) is 0 Å². The number of benzene rings is 1. The number of para-hydroxylation sites is 1. The number of carbonyl (C=O) groups is 1. The molecule has 14 heteroatoms. The van der Waals surface area contributed by atoms with E-state index in [9.17, 15) is 24.1 Å². The number of nitrogens with one attached hydrogen (secondary N) is 1. The van der Waals surface area contributed by atoms with Crippen LogP contribution in [0.2, 0.25) is 0 Å². The number of carbonyl (C=O) groups excluding carboxylic acids is 1. The molecule has 0 bridgehead atoms. The van der Waals surface area contributed by atoms with Gasteiger partial charge in [-0.05, 0) is 39.8 Å². The van der Waals surface area contributed by atoms with E-state index in [1.165, 1.54) is 32.2 Å². The highest BCUT2D eigenvalue weighted by Crippen LogP contribution is 2.52. The Morgan fingerprint density at radius 2 is 1.92 bits per heavy atom. The first kappa shape index (κ1) is 28.1. The third kappa shape index (κ3) is 6.64. The minimum Gasteiger partial charge on any atom is -0.461 e. The Hall–Kier alpha value is -2.47. The Kier molecular flexibility index (Phi) is 8.81. The van der Waals surface area contributed by atoms with Gasteiger partial charge in [0.25, 0.3) is 5.56 Å². The van der Waals surface area contributed by atoms with Crippen LogP contribution in [-0.4, -0.2) is 56.5 Å². The Labute approximate surface area is 211 Å². The fourth-order valence-corrected chi connectivity index (χ4v) is 5.02. The van der Waals surface area contributed by atoms with Gasteiger partial charge in [-0.15, -0.1) is 11.6 Å². The molecule has 1 aliphatic rings. The van der Waals surface area contributed by atoms with Crippen molar-refractivity contribution in [3.8, 4) is 5.75 Å². The molecule has 1 aromatic carbocycles. The average molecular weight is 547 g/mol. The molecule has 2 heterocycles. The van der Waals surface area contributed by atoms with Gasteiger partial charge in [0.05, 0.1) is 12.7 Å². The number of hydrogen-bond acceptors (Lipinski definition) is 10. The normalized spacial score (nSPS) is 26.4. The second-order valence-electron chi connectivity index (χ2n) is 8.52. The summed E-state index contributed by atoms with van der Waals surface area (Å²) in [5.41, 5.74) is -1.42. The average Bonchev–Trinajstić information content (AvgIpc) is 3.01. The number of aliphatic hydroxyl groups is 1. The molecule has 0 saturated carbocycles. The molecule has 3 rings (SSSR count). The summed E-state index contributed by atoms with van der Waals surface area (Å²) in [5, 5.41) is 10.8. The lowest BCUT2D eigenvalue weighted by molar-refractivity contribution is -0.156. The van der Waals surface area contributed by atoms with Gasteiger partial charge in [-0.25, -0.2) is 14.2 Å². The van der Waals surface area contributed by atoms with Crippen molar-refractivity contribution in [2.45, 2.75) is 63.2 Å². The van der Waals surface area contributed by atoms with Gasteiger partial charge in [0.15, 0.2) is 12.3 Å². The first-order chi connectivity index (χ1) is 16.8. The minimum atomic E-state index is -4.47. The smallest absolute Gasteiger partial charge is 0.461 e. The van der Waals surface area contributed by atoms with Gasteiger partial charge in [-0.3, -0.25) is 23.4 Å². The standard InChI is InChI=1S/C22H28ClN2O10P/c1-13(2)32-19(28)14(3)34-36(30,35-15-8-6-5-7-9-15)31-12-16-18(27)22(4,23)20(33-16)25-11-10-17(26)24-21(25)29/h5-11,13-14,16,18,20,27H,12H2,1-4H3,(H,24,26,29)/t14-,16+,18+,20+,22+,36?/m0/s1. The number of aromatic nitrogens is 2. The Balaban J connectivity index is 1.80. The van der Waals surface area contributed by atoms with Gasteiger partial charge in [0.2, 0.25) is 0 Å². The third-order valence-corrected chi connectivity index (χ3v) is 7.03. The molecule has 0 aliphatic carbocycles.